The molecule has 0 N–H and O–H groups in total. The van der Waals surface area contributed by atoms with Gasteiger partial charge in [0.25, 0.3) is 0 Å². The summed E-state index contributed by atoms with van der Waals surface area (Å²) in [7, 11) is -0.741. The zero-order chi connectivity index (χ0) is 25.1. The van der Waals surface area contributed by atoms with Crippen molar-refractivity contribution in [2.75, 3.05) is 55.9 Å². The molecule has 0 spiro atoms. The minimum Gasteiger partial charge on any atom is -0.739 e. The molecule has 11 heteroatoms. The number of nitrogens with zero attached hydrogens (tertiary/aromatic N) is 3. The molecule has 2 aromatic rings. The first-order chi connectivity index (χ1) is 16.7. The fraction of sp³-hybridized carbons (Fsp3) is 0.375. The van der Waals surface area contributed by atoms with Crippen LogP contribution in [0.3, 0.4) is 0 Å². The molecule has 2 aliphatic heterocycles. The Morgan fingerprint density at radius 1 is 1.20 bits per heavy atom. The van der Waals surface area contributed by atoms with Crippen LogP contribution in [0.15, 0.2) is 59.5 Å². The average Bonchev–Trinajstić information content (AvgIpc) is 3.37. The van der Waals surface area contributed by atoms with Crippen LogP contribution in [-0.2, 0) is 18.7 Å². The Balaban J connectivity index is 1.28. The second-order valence-electron chi connectivity index (χ2n) is 8.39. The smallest absolute Gasteiger partial charge is 0.233 e. The van der Waals surface area contributed by atoms with E-state index in [1.165, 1.54) is 15.5 Å². The summed E-state index contributed by atoms with van der Waals surface area (Å²) in [6.45, 7) is 2.77. The van der Waals surface area contributed by atoms with Gasteiger partial charge >= 0.3 is 0 Å². The summed E-state index contributed by atoms with van der Waals surface area (Å²) in [5, 5.41) is -0.487. The zero-order valence-corrected chi connectivity index (χ0v) is 22.1. The Kier molecular flexibility index (Phi) is 8.02. The highest BCUT2D eigenvalue weighted by molar-refractivity contribution is 8.70. The van der Waals surface area contributed by atoms with E-state index in [2.05, 4.69) is 70.5 Å². The first-order valence-corrected chi connectivity index (χ1v) is 14.9. The number of rotatable bonds is 10. The van der Waals surface area contributed by atoms with Crippen molar-refractivity contribution in [1.82, 2.24) is 4.90 Å². The number of carbonyl (C=O) groups excluding carboxylic acids is 1. The maximum absolute atomic E-state index is 11.9. The number of fused-ring (bicyclic) bond motifs is 3. The quantitative estimate of drug-likeness (QED) is 0.335. The number of thioether (sulfide) groups is 1. The lowest BCUT2D eigenvalue weighted by Crippen LogP contribution is -2.36. The van der Waals surface area contributed by atoms with Crippen molar-refractivity contribution < 1.29 is 22.5 Å². The lowest BCUT2D eigenvalue weighted by atomic mass is 10.1. The van der Waals surface area contributed by atoms with Gasteiger partial charge in [-0.05, 0) is 53.1 Å². The molecule has 2 aromatic carbocycles. The van der Waals surface area contributed by atoms with Crippen LogP contribution in [0.1, 0.15) is 12.0 Å². The highest BCUT2D eigenvalue weighted by Gasteiger charge is 2.47. The van der Waals surface area contributed by atoms with E-state index in [-0.39, 0.29) is 22.5 Å². The Morgan fingerprint density at radius 2 is 1.94 bits per heavy atom. The Bertz CT molecular complexity index is 1190. The lowest BCUT2D eigenvalue weighted by Gasteiger charge is -2.27. The average molecular weight is 535 g/mol. The van der Waals surface area contributed by atoms with Crippen LogP contribution < -0.4 is 9.80 Å². The molecule has 2 aliphatic rings. The van der Waals surface area contributed by atoms with Crippen molar-refractivity contribution >= 4 is 55.1 Å². The second-order valence-corrected chi connectivity index (χ2v) is 12.9. The van der Waals surface area contributed by atoms with Crippen LogP contribution in [0.25, 0.3) is 6.08 Å². The number of anilines is 2. The second kappa shape index (κ2) is 10.8. The molecule has 0 saturated carbocycles. The van der Waals surface area contributed by atoms with Gasteiger partial charge in [-0.3, -0.25) is 4.79 Å². The third-order valence-corrected chi connectivity index (χ3v) is 9.18. The Morgan fingerprint density at radius 3 is 2.69 bits per heavy atom. The van der Waals surface area contributed by atoms with E-state index in [4.69, 9.17) is 4.74 Å². The minimum atomic E-state index is -4.46. The Hall–Kier alpha value is -2.18. The molecular weight excluding hydrogens is 506 g/mol. The molecule has 0 aliphatic carbocycles. The van der Waals surface area contributed by atoms with E-state index in [0.717, 1.165) is 24.3 Å². The molecule has 8 nitrogen and oxygen atoms in total. The summed E-state index contributed by atoms with van der Waals surface area (Å²) in [4.78, 5) is 19.0. The number of ether oxygens (including phenoxy) is 1. The molecule has 35 heavy (non-hydrogen) atoms. The van der Waals surface area contributed by atoms with Crippen molar-refractivity contribution in [3.8, 4) is 0 Å². The summed E-state index contributed by atoms with van der Waals surface area (Å²) >= 11 is 1.73. The lowest BCUT2D eigenvalue weighted by molar-refractivity contribution is -0.127. The van der Waals surface area contributed by atoms with E-state index in [1.54, 1.807) is 18.8 Å². The van der Waals surface area contributed by atoms with Gasteiger partial charge in [0, 0.05) is 44.3 Å². The minimum absolute atomic E-state index is 0.119. The normalized spacial score (nSPS) is 19.1. The van der Waals surface area contributed by atoms with Crippen LogP contribution in [0.5, 0.6) is 0 Å². The maximum atomic E-state index is 11.9. The first kappa shape index (κ1) is 25.9. The van der Waals surface area contributed by atoms with Crippen molar-refractivity contribution in [3.05, 3.63) is 60.2 Å². The van der Waals surface area contributed by atoms with Gasteiger partial charge in [-0.25, -0.2) is 8.42 Å². The first-order valence-electron chi connectivity index (χ1n) is 11.2. The molecule has 0 bridgehead atoms. The van der Waals surface area contributed by atoms with Crippen molar-refractivity contribution in [2.45, 2.75) is 16.4 Å². The number of hydrogen-bond donors (Lipinski definition) is 0. The van der Waals surface area contributed by atoms with Crippen LogP contribution in [0.2, 0.25) is 0 Å². The molecule has 1 fully saturated rings. The van der Waals surface area contributed by atoms with Crippen LogP contribution in [-0.4, -0.2) is 74.9 Å². The van der Waals surface area contributed by atoms with Gasteiger partial charge < -0.3 is 24.0 Å². The van der Waals surface area contributed by atoms with Gasteiger partial charge in [0.05, 0.1) is 18.0 Å². The van der Waals surface area contributed by atoms with E-state index >= 15 is 0 Å². The molecule has 1 saturated heterocycles. The largest absolute Gasteiger partial charge is 0.739 e. The highest BCUT2D eigenvalue weighted by Crippen LogP contribution is 2.53. The van der Waals surface area contributed by atoms with Gasteiger partial charge in [-0.15, -0.1) is 0 Å². The SMILES string of the molecule is CN(CCCN(C)c1ccc(/C=C/C23OCCN2c2ccccc2S3)cc1)C(=O)CSS(=O)(=O)[O-]. The van der Waals surface area contributed by atoms with Crippen LogP contribution in [0, 0.1) is 0 Å². The molecule has 188 valence electrons. The van der Waals surface area contributed by atoms with E-state index in [0.29, 0.717) is 19.6 Å². The summed E-state index contributed by atoms with van der Waals surface area (Å²) in [6, 6.07) is 16.6. The van der Waals surface area contributed by atoms with Gasteiger partial charge in [-0.1, -0.05) is 42.1 Å². The number of benzene rings is 2. The monoisotopic (exact) mass is 534 g/mol. The maximum Gasteiger partial charge on any atom is 0.233 e. The van der Waals surface area contributed by atoms with Crippen LogP contribution in [0.4, 0.5) is 11.4 Å². The van der Waals surface area contributed by atoms with Crippen LogP contribution >= 0.6 is 22.6 Å². The molecule has 1 unspecified atom stereocenters. The summed E-state index contributed by atoms with van der Waals surface area (Å²) < 4.78 is 38.1. The molecule has 4 rings (SSSR count). The summed E-state index contributed by atoms with van der Waals surface area (Å²) in [5.41, 5.74) is 3.36. The summed E-state index contributed by atoms with van der Waals surface area (Å²) in [6.07, 6.45) is 4.94. The van der Waals surface area contributed by atoms with Gasteiger partial charge in [0.2, 0.25) is 11.0 Å². The van der Waals surface area contributed by atoms with E-state index in [1.807, 2.05) is 7.05 Å². The standard InChI is InChI=1S/C24H29N3O5S3/c1-25(14-5-15-26(2)23(28)18-33-35(29,30)31)20-10-8-19(9-11-20)12-13-24-27(16-17-32-24)21-6-3-4-7-22(21)34-24/h3-4,6-13H,5,14-18H2,1-2H3,(H,29,30,31)/p-1/b13-12+. The van der Waals surface area contributed by atoms with E-state index in [9.17, 15) is 17.8 Å². The van der Waals surface area contributed by atoms with Crippen molar-refractivity contribution in [2.24, 2.45) is 0 Å². The number of para-hydroxylation sites is 1. The molecule has 1 atom stereocenters. The van der Waals surface area contributed by atoms with Crippen molar-refractivity contribution in [1.29, 1.82) is 0 Å². The molecule has 2 heterocycles. The van der Waals surface area contributed by atoms with Gasteiger partial charge in [0.1, 0.15) is 9.15 Å². The van der Waals surface area contributed by atoms with Gasteiger partial charge in [0.15, 0.2) is 0 Å². The molecular formula is C24H28N3O5S3-. The van der Waals surface area contributed by atoms with Crippen molar-refractivity contribution in [3.63, 3.8) is 0 Å². The van der Waals surface area contributed by atoms with E-state index < -0.39 is 14.2 Å². The predicted molar refractivity (Wildman–Crippen MR) is 141 cm³/mol. The topological polar surface area (TPSA) is 93.2 Å². The fourth-order valence-corrected chi connectivity index (χ4v) is 6.58. The molecule has 0 radical (unpaired) electrons. The molecule has 0 aromatic heterocycles. The third kappa shape index (κ3) is 6.34. The number of carbonyl (C=O) groups is 1. The zero-order valence-electron chi connectivity index (χ0n) is 19.6. The fourth-order valence-electron chi connectivity index (χ4n) is 4.06. The van der Waals surface area contributed by atoms with Gasteiger partial charge in [-0.2, -0.15) is 0 Å². The highest BCUT2D eigenvalue weighted by atomic mass is 33.1. The predicted octanol–water partition coefficient (Wildman–Crippen LogP) is 3.47. The number of hydrogen-bond acceptors (Lipinski definition) is 9. The Labute approximate surface area is 214 Å². The molecule has 1 amide bonds. The third-order valence-electron chi connectivity index (χ3n) is 5.97. The summed E-state index contributed by atoms with van der Waals surface area (Å²) in [5.74, 6) is -0.733. The number of amides is 1.